The van der Waals surface area contributed by atoms with E-state index < -0.39 is 6.04 Å². The van der Waals surface area contributed by atoms with Gasteiger partial charge in [0, 0.05) is 25.0 Å². The van der Waals surface area contributed by atoms with Crippen LogP contribution in [0.15, 0.2) is 0 Å². The highest BCUT2D eigenvalue weighted by Gasteiger charge is 2.25. The number of nitrogens with zero attached hydrogens (tertiary/aromatic N) is 4. The van der Waals surface area contributed by atoms with Crippen molar-refractivity contribution >= 4 is 33.3 Å². The number of fused-ring (bicyclic) bond motifs is 1. The number of carbonyl (C=O) groups excluding carboxylic acids is 1. The Labute approximate surface area is 164 Å². The van der Waals surface area contributed by atoms with Gasteiger partial charge in [0.2, 0.25) is 0 Å². The van der Waals surface area contributed by atoms with Crippen molar-refractivity contribution in [3.05, 3.63) is 16.3 Å². The number of likely N-dealkylation sites (N-methyl/N-ethyl adjacent to an activating group) is 1. The number of hydrogen-bond acceptors (Lipinski definition) is 8. The molecule has 0 bridgehead atoms. The quantitative estimate of drug-likeness (QED) is 0.700. The molecule has 0 aromatic carbocycles. The number of morpholine rings is 1. The van der Waals surface area contributed by atoms with Gasteiger partial charge in [-0.2, -0.15) is 0 Å². The molecule has 2 aromatic heterocycles. The third kappa shape index (κ3) is 4.23. The molecule has 27 heavy (non-hydrogen) atoms. The summed E-state index contributed by atoms with van der Waals surface area (Å²) in [6, 6.07) is -0.418. The van der Waals surface area contributed by atoms with Gasteiger partial charge in [-0.25, -0.2) is 14.8 Å². The molecule has 2 aromatic rings. The van der Waals surface area contributed by atoms with E-state index in [1.165, 1.54) is 10.4 Å². The van der Waals surface area contributed by atoms with Crippen LogP contribution in [0.25, 0.3) is 10.2 Å². The summed E-state index contributed by atoms with van der Waals surface area (Å²) >= 11 is 1.68. The first-order valence-electron chi connectivity index (χ1n) is 9.38. The molecule has 1 fully saturated rings. The van der Waals surface area contributed by atoms with Gasteiger partial charge in [-0.05, 0) is 33.3 Å². The molecule has 7 nitrogen and oxygen atoms in total. The first-order chi connectivity index (χ1) is 12.9. The average molecular weight is 393 g/mol. The van der Waals surface area contributed by atoms with Gasteiger partial charge in [-0.3, -0.25) is 4.90 Å². The summed E-state index contributed by atoms with van der Waals surface area (Å²) in [4.78, 5) is 28.3. The lowest BCUT2D eigenvalue weighted by molar-refractivity contribution is -0.144. The number of carbonyl (C=O) groups is 1. The monoisotopic (exact) mass is 392 g/mol. The number of aromatic nitrogens is 2. The molecule has 0 spiro atoms. The summed E-state index contributed by atoms with van der Waals surface area (Å²) in [6.45, 7) is 12.2. The van der Waals surface area contributed by atoms with E-state index in [0.29, 0.717) is 13.2 Å². The number of ether oxygens (including phenoxy) is 2. The molecule has 0 aliphatic carbocycles. The molecule has 1 aliphatic heterocycles. The summed E-state index contributed by atoms with van der Waals surface area (Å²) in [7, 11) is 1.90. The van der Waals surface area contributed by atoms with Crippen molar-refractivity contribution in [3.8, 4) is 0 Å². The molecule has 0 radical (unpaired) electrons. The molecule has 3 heterocycles. The summed E-state index contributed by atoms with van der Waals surface area (Å²) < 4.78 is 10.6. The van der Waals surface area contributed by atoms with E-state index in [4.69, 9.17) is 19.4 Å². The van der Waals surface area contributed by atoms with E-state index in [1.54, 1.807) is 11.3 Å². The standard InChI is InChI=1S/C19H28N4O3S/c1-6-26-19(24)13(3)22(5)17-16-12(2)14(4)27-18(16)21-15(20-17)11-23-7-9-25-10-8-23/h13H,6-11H2,1-5H3. The SMILES string of the molecule is CCOC(=O)C(C)N(C)c1nc(CN2CCOCC2)nc2sc(C)c(C)c12. The Kier molecular flexibility index (Phi) is 6.29. The van der Waals surface area contributed by atoms with Crippen molar-refractivity contribution in [2.24, 2.45) is 0 Å². The maximum absolute atomic E-state index is 12.3. The van der Waals surface area contributed by atoms with Crippen LogP contribution in [-0.2, 0) is 20.8 Å². The normalized spacial score (nSPS) is 16.5. The van der Waals surface area contributed by atoms with Crippen LogP contribution in [0.5, 0.6) is 0 Å². The Morgan fingerprint density at radius 1 is 1.33 bits per heavy atom. The van der Waals surface area contributed by atoms with Crippen molar-refractivity contribution in [1.29, 1.82) is 0 Å². The van der Waals surface area contributed by atoms with Crippen molar-refractivity contribution in [2.45, 2.75) is 40.3 Å². The highest BCUT2D eigenvalue weighted by molar-refractivity contribution is 7.18. The Bertz CT molecular complexity index is 817. The molecule has 1 aliphatic rings. The molecule has 0 amide bonds. The molecule has 1 saturated heterocycles. The van der Waals surface area contributed by atoms with E-state index in [0.717, 1.165) is 48.2 Å². The minimum atomic E-state index is -0.418. The van der Waals surface area contributed by atoms with Crippen molar-refractivity contribution < 1.29 is 14.3 Å². The third-order valence-electron chi connectivity index (χ3n) is 5.07. The zero-order valence-corrected chi connectivity index (χ0v) is 17.6. The van der Waals surface area contributed by atoms with Gasteiger partial charge < -0.3 is 14.4 Å². The minimum Gasteiger partial charge on any atom is -0.464 e. The maximum atomic E-state index is 12.3. The van der Waals surface area contributed by atoms with Gasteiger partial charge in [0.1, 0.15) is 22.5 Å². The predicted molar refractivity (Wildman–Crippen MR) is 107 cm³/mol. The lowest BCUT2D eigenvalue weighted by Crippen LogP contribution is -2.39. The second kappa shape index (κ2) is 8.50. The van der Waals surface area contributed by atoms with E-state index >= 15 is 0 Å². The van der Waals surface area contributed by atoms with E-state index in [9.17, 15) is 4.79 Å². The van der Waals surface area contributed by atoms with Crippen LogP contribution >= 0.6 is 11.3 Å². The molecule has 148 valence electrons. The summed E-state index contributed by atoms with van der Waals surface area (Å²) in [5.74, 6) is 1.33. The number of thiophene rings is 1. The first-order valence-corrected chi connectivity index (χ1v) is 10.2. The molecule has 1 atom stereocenters. The van der Waals surface area contributed by atoms with Gasteiger partial charge in [-0.15, -0.1) is 11.3 Å². The van der Waals surface area contributed by atoms with Crippen LogP contribution < -0.4 is 4.90 Å². The third-order valence-corrected chi connectivity index (χ3v) is 6.17. The molecular weight excluding hydrogens is 364 g/mol. The zero-order valence-electron chi connectivity index (χ0n) is 16.7. The van der Waals surface area contributed by atoms with Crippen molar-refractivity contribution in [1.82, 2.24) is 14.9 Å². The Morgan fingerprint density at radius 3 is 2.70 bits per heavy atom. The molecular formula is C19H28N4O3S. The van der Waals surface area contributed by atoms with Gasteiger partial charge >= 0.3 is 5.97 Å². The second-order valence-electron chi connectivity index (χ2n) is 6.85. The topological polar surface area (TPSA) is 67.8 Å². The molecule has 1 unspecified atom stereocenters. The van der Waals surface area contributed by atoms with Crippen LogP contribution in [0.3, 0.4) is 0 Å². The van der Waals surface area contributed by atoms with E-state index in [-0.39, 0.29) is 5.97 Å². The van der Waals surface area contributed by atoms with E-state index in [2.05, 4.69) is 18.7 Å². The molecule has 0 N–H and O–H groups in total. The van der Waals surface area contributed by atoms with Gasteiger partial charge in [0.05, 0.1) is 31.8 Å². The Hall–Kier alpha value is -1.77. The van der Waals surface area contributed by atoms with Crippen LogP contribution in [-0.4, -0.2) is 66.8 Å². The summed E-state index contributed by atoms with van der Waals surface area (Å²) in [5, 5.41) is 1.03. The predicted octanol–water partition coefficient (Wildman–Crippen LogP) is 2.53. The number of rotatable bonds is 6. The van der Waals surface area contributed by atoms with Crippen LogP contribution in [0.2, 0.25) is 0 Å². The van der Waals surface area contributed by atoms with Crippen molar-refractivity contribution in [2.75, 3.05) is 44.9 Å². The number of esters is 1. The van der Waals surface area contributed by atoms with E-state index in [1.807, 2.05) is 25.8 Å². The van der Waals surface area contributed by atoms with Crippen LogP contribution in [0.1, 0.15) is 30.1 Å². The average Bonchev–Trinajstić information content (AvgIpc) is 2.95. The molecule has 0 saturated carbocycles. The number of hydrogen-bond donors (Lipinski definition) is 0. The van der Waals surface area contributed by atoms with Crippen molar-refractivity contribution in [3.63, 3.8) is 0 Å². The highest BCUT2D eigenvalue weighted by Crippen LogP contribution is 2.35. The van der Waals surface area contributed by atoms with Gasteiger partial charge in [-0.1, -0.05) is 0 Å². The summed E-state index contributed by atoms with van der Waals surface area (Å²) in [6.07, 6.45) is 0. The smallest absolute Gasteiger partial charge is 0.328 e. The fourth-order valence-electron chi connectivity index (χ4n) is 3.16. The first kappa shape index (κ1) is 20.0. The Balaban J connectivity index is 1.98. The fourth-order valence-corrected chi connectivity index (χ4v) is 4.20. The van der Waals surface area contributed by atoms with Gasteiger partial charge in [0.25, 0.3) is 0 Å². The zero-order chi connectivity index (χ0) is 19.6. The Morgan fingerprint density at radius 2 is 2.04 bits per heavy atom. The van der Waals surface area contributed by atoms with Crippen LogP contribution in [0, 0.1) is 13.8 Å². The largest absolute Gasteiger partial charge is 0.464 e. The minimum absolute atomic E-state index is 0.244. The summed E-state index contributed by atoms with van der Waals surface area (Å²) in [5.41, 5.74) is 1.17. The second-order valence-corrected chi connectivity index (χ2v) is 8.06. The number of aryl methyl sites for hydroxylation is 2. The molecule has 8 heteroatoms. The highest BCUT2D eigenvalue weighted by atomic mass is 32.1. The number of anilines is 1. The lowest BCUT2D eigenvalue weighted by atomic mass is 10.2. The van der Waals surface area contributed by atoms with Crippen LogP contribution in [0.4, 0.5) is 5.82 Å². The molecule has 3 rings (SSSR count). The maximum Gasteiger partial charge on any atom is 0.328 e. The fraction of sp³-hybridized carbons (Fsp3) is 0.632. The van der Waals surface area contributed by atoms with Gasteiger partial charge in [0.15, 0.2) is 0 Å². The lowest BCUT2D eigenvalue weighted by Gasteiger charge is -2.28.